The predicted molar refractivity (Wildman–Crippen MR) is 48.7 cm³/mol. The van der Waals surface area contributed by atoms with E-state index >= 15 is 0 Å². The lowest BCUT2D eigenvalue weighted by molar-refractivity contribution is -0.151. The van der Waals surface area contributed by atoms with E-state index in [1.54, 1.807) is 0 Å². The lowest BCUT2D eigenvalue weighted by Gasteiger charge is -2.36. The summed E-state index contributed by atoms with van der Waals surface area (Å²) in [5.74, 6) is -0.760. The molecule has 0 aliphatic carbocycles. The van der Waals surface area contributed by atoms with E-state index in [0.29, 0.717) is 26.0 Å². The minimum absolute atomic E-state index is 0.0314. The van der Waals surface area contributed by atoms with E-state index in [1.165, 1.54) is 0 Å². The molecule has 1 rings (SSSR count). The summed E-state index contributed by atoms with van der Waals surface area (Å²) in [6.07, 6.45) is 1.14. The molecule has 1 heterocycles. The van der Waals surface area contributed by atoms with Crippen LogP contribution in [-0.2, 0) is 9.53 Å². The van der Waals surface area contributed by atoms with Crippen molar-refractivity contribution in [3.05, 3.63) is 0 Å². The van der Waals surface area contributed by atoms with E-state index in [-0.39, 0.29) is 6.10 Å². The molecule has 2 atom stereocenters. The fraction of sp³-hybridized carbons (Fsp3) is 0.889. The minimum Gasteiger partial charge on any atom is -0.480 e. The Hall–Kier alpha value is -0.610. The fourth-order valence-corrected chi connectivity index (χ4v) is 1.85. The Labute approximate surface area is 78.3 Å². The van der Waals surface area contributed by atoms with Crippen LogP contribution in [-0.4, -0.2) is 35.9 Å². The number of aliphatic carboxylic acids is 1. The highest BCUT2D eigenvalue weighted by molar-refractivity contribution is 5.79. The second kappa shape index (κ2) is 4.07. The highest BCUT2D eigenvalue weighted by Gasteiger charge is 2.41. The molecular weight excluding hydrogens is 170 g/mol. The van der Waals surface area contributed by atoms with E-state index in [2.05, 4.69) is 5.32 Å². The molecule has 1 saturated heterocycles. The number of nitrogens with one attached hydrogen (secondary N) is 1. The molecule has 0 bridgehead atoms. The summed E-state index contributed by atoms with van der Waals surface area (Å²) in [4.78, 5) is 11.1. The van der Waals surface area contributed by atoms with Crippen LogP contribution in [0.1, 0.15) is 26.7 Å². The molecule has 1 aliphatic heterocycles. The van der Waals surface area contributed by atoms with Crippen molar-refractivity contribution in [2.75, 3.05) is 13.2 Å². The summed E-state index contributed by atoms with van der Waals surface area (Å²) < 4.78 is 5.33. The van der Waals surface area contributed by atoms with Gasteiger partial charge in [-0.15, -0.1) is 0 Å². The van der Waals surface area contributed by atoms with Crippen molar-refractivity contribution in [3.8, 4) is 0 Å². The van der Waals surface area contributed by atoms with Crippen LogP contribution in [0.25, 0.3) is 0 Å². The van der Waals surface area contributed by atoms with Crippen LogP contribution in [0, 0.1) is 0 Å². The number of carboxylic acids is 1. The van der Waals surface area contributed by atoms with E-state index in [4.69, 9.17) is 9.84 Å². The van der Waals surface area contributed by atoms with Gasteiger partial charge in [0.15, 0.2) is 0 Å². The molecule has 0 aromatic heterocycles. The van der Waals surface area contributed by atoms with Crippen molar-refractivity contribution in [2.24, 2.45) is 0 Å². The highest BCUT2D eigenvalue weighted by atomic mass is 16.5. The van der Waals surface area contributed by atoms with Gasteiger partial charge in [0.1, 0.15) is 5.54 Å². The Bertz CT molecular complexity index is 191. The van der Waals surface area contributed by atoms with Crippen molar-refractivity contribution < 1.29 is 14.6 Å². The second-order valence-electron chi connectivity index (χ2n) is 3.55. The number of hydrogen-bond acceptors (Lipinski definition) is 3. The van der Waals surface area contributed by atoms with Crippen LogP contribution in [0.3, 0.4) is 0 Å². The normalized spacial score (nSPS) is 34.5. The van der Waals surface area contributed by atoms with E-state index in [0.717, 1.165) is 0 Å². The molecule has 4 heteroatoms. The van der Waals surface area contributed by atoms with Gasteiger partial charge in [0, 0.05) is 13.0 Å². The first-order valence-electron chi connectivity index (χ1n) is 4.71. The fourth-order valence-electron chi connectivity index (χ4n) is 1.85. The van der Waals surface area contributed by atoms with Gasteiger partial charge < -0.3 is 15.2 Å². The Morgan fingerprint density at radius 1 is 1.77 bits per heavy atom. The zero-order chi connectivity index (χ0) is 9.90. The van der Waals surface area contributed by atoms with Gasteiger partial charge in [-0.3, -0.25) is 4.79 Å². The molecule has 1 fully saturated rings. The lowest BCUT2D eigenvalue weighted by atomic mass is 9.87. The Morgan fingerprint density at radius 2 is 2.46 bits per heavy atom. The minimum atomic E-state index is -0.760. The first kappa shape index (κ1) is 10.5. The molecule has 0 aromatic carbocycles. The number of rotatable bonds is 3. The third-order valence-electron chi connectivity index (χ3n) is 2.49. The first-order chi connectivity index (χ1) is 6.10. The lowest BCUT2D eigenvalue weighted by Crippen LogP contribution is -2.56. The summed E-state index contributed by atoms with van der Waals surface area (Å²) in [5.41, 5.74) is -0.758. The molecular formula is C9H17NO3. The third-order valence-corrected chi connectivity index (χ3v) is 2.49. The van der Waals surface area contributed by atoms with Gasteiger partial charge in [-0.05, 0) is 19.9 Å². The van der Waals surface area contributed by atoms with Crippen molar-refractivity contribution in [1.29, 1.82) is 0 Å². The number of likely N-dealkylation sites (N-methyl/N-ethyl adjacent to an activating group) is 1. The monoisotopic (exact) mass is 187 g/mol. The van der Waals surface area contributed by atoms with Crippen LogP contribution in [0.2, 0.25) is 0 Å². The maximum Gasteiger partial charge on any atom is 0.324 e. The zero-order valence-corrected chi connectivity index (χ0v) is 8.17. The Balaban J connectivity index is 2.70. The smallest absolute Gasteiger partial charge is 0.324 e. The Kier molecular flexibility index (Phi) is 3.27. The third kappa shape index (κ3) is 2.19. The van der Waals surface area contributed by atoms with E-state index in [1.807, 2.05) is 13.8 Å². The van der Waals surface area contributed by atoms with Gasteiger partial charge in [-0.25, -0.2) is 0 Å². The van der Waals surface area contributed by atoms with Gasteiger partial charge in [0.25, 0.3) is 0 Å². The average molecular weight is 187 g/mol. The summed E-state index contributed by atoms with van der Waals surface area (Å²) >= 11 is 0. The molecule has 0 amide bonds. The molecule has 76 valence electrons. The quantitative estimate of drug-likeness (QED) is 0.680. The van der Waals surface area contributed by atoms with Crippen molar-refractivity contribution in [1.82, 2.24) is 5.32 Å². The molecule has 0 aromatic rings. The summed E-state index contributed by atoms with van der Waals surface area (Å²) in [5, 5.41) is 12.2. The van der Waals surface area contributed by atoms with Crippen LogP contribution in [0.15, 0.2) is 0 Å². The molecule has 2 N–H and O–H groups in total. The SMILES string of the molecule is CCNC1(C(=O)O)CCOC(C)C1. The predicted octanol–water partition coefficient (Wildman–Crippen LogP) is 0.618. The van der Waals surface area contributed by atoms with Crippen molar-refractivity contribution in [3.63, 3.8) is 0 Å². The molecule has 1 aliphatic rings. The van der Waals surface area contributed by atoms with E-state index < -0.39 is 11.5 Å². The molecule has 2 unspecified atom stereocenters. The number of ether oxygens (including phenoxy) is 1. The largest absolute Gasteiger partial charge is 0.480 e. The summed E-state index contributed by atoms with van der Waals surface area (Å²) in [7, 11) is 0. The molecule has 13 heavy (non-hydrogen) atoms. The second-order valence-corrected chi connectivity index (χ2v) is 3.55. The number of carbonyl (C=O) groups is 1. The van der Waals surface area contributed by atoms with Gasteiger partial charge in [-0.1, -0.05) is 6.92 Å². The molecule has 0 saturated carbocycles. The number of carboxylic acid groups (broad SMARTS) is 1. The molecule has 0 spiro atoms. The maximum absolute atomic E-state index is 11.1. The highest BCUT2D eigenvalue weighted by Crippen LogP contribution is 2.24. The van der Waals surface area contributed by atoms with Gasteiger partial charge in [-0.2, -0.15) is 0 Å². The number of hydrogen-bond donors (Lipinski definition) is 2. The van der Waals surface area contributed by atoms with Crippen molar-refractivity contribution in [2.45, 2.75) is 38.3 Å². The molecule has 4 nitrogen and oxygen atoms in total. The Morgan fingerprint density at radius 3 is 2.92 bits per heavy atom. The van der Waals surface area contributed by atoms with Crippen LogP contribution in [0.5, 0.6) is 0 Å². The first-order valence-corrected chi connectivity index (χ1v) is 4.71. The topological polar surface area (TPSA) is 58.6 Å². The van der Waals surface area contributed by atoms with Crippen LogP contribution < -0.4 is 5.32 Å². The standard InChI is InChI=1S/C9H17NO3/c1-3-10-9(8(11)12)4-5-13-7(2)6-9/h7,10H,3-6H2,1-2H3,(H,11,12). The summed E-state index contributed by atoms with van der Waals surface area (Å²) in [6.45, 7) is 5.04. The van der Waals surface area contributed by atoms with Crippen LogP contribution >= 0.6 is 0 Å². The van der Waals surface area contributed by atoms with Gasteiger partial charge >= 0.3 is 5.97 Å². The van der Waals surface area contributed by atoms with E-state index in [9.17, 15) is 4.79 Å². The molecule has 0 radical (unpaired) electrons. The summed E-state index contributed by atoms with van der Waals surface area (Å²) in [6, 6.07) is 0. The van der Waals surface area contributed by atoms with Crippen molar-refractivity contribution >= 4 is 5.97 Å². The average Bonchev–Trinajstić information content (AvgIpc) is 2.04. The zero-order valence-electron chi connectivity index (χ0n) is 8.17. The van der Waals surface area contributed by atoms with Gasteiger partial charge in [0.05, 0.1) is 6.10 Å². The van der Waals surface area contributed by atoms with Crippen LogP contribution in [0.4, 0.5) is 0 Å². The van der Waals surface area contributed by atoms with Gasteiger partial charge in [0.2, 0.25) is 0 Å². The maximum atomic E-state index is 11.1.